The maximum atomic E-state index is 10.7. The molecule has 0 fully saturated rings. The lowest BCUT2D eigenvalue weighted by molar-refractivity contribution is 0.197. The minimum atomic E-state index is -0.792. The number of aliphatic hydroxyl groups is 1. The lowest BCUT2D eigenvalue weighted by atomic mass is 9.72. The molecule has 0 aromatic heterocycles. The molecule has 160 valence electrons. The highest BCUT2D eigenvalue weighted by molar-refractivity contribution is 5.71. The van der Waals surface area contributed by atoms with Gasteiger partial charge in [-0.3, -0.25) is 0 Å². The van der Waals surface area contributed by atoms with Crippen LogP contribution in [0.2, 0.25) is 0 Å². The van der Waals surface area contributed by atoms with E-state index in [-0.39, 0.29) is 0 Å². The Hall–Kier alpha value is -3.76. The zero-order valence-corrected chi connectivity index (χ0v) is 18.2. The van der Waals surface area contributed by atoms with Gasteiger partial charge in [-0.15, -0.1) is 0 Å². The molecule has 0 spiro atoms. The van der Waals surface area contributed by atoms with Gasteiger partial charge in [-0.05, 0) is 54.8 Å². The van der Waals surface area contributed by atoms with E-state index in [0.29, 0.717) is 11.4 Å². The third-order valence-electron chi connectivity index (χ3n) is 6.09. The first-order chi connectivity index (χ1) is 15.5. The van der Waals surface area contributed by atoms with E-state index < -0.39 is 11.6 Å². The number of nitrogens with two attached hydrogens (primary N) is 1. The zero-order chi connectivity index (χ0) is 22.3. The summed E-state index contributed by atoms with van der Waals surface area (Å²) in [6, 6.07) is 30.2. The fourth-order valence-corrected chi connectivity index (χ4v) is 4.65. The van der Waals surface area contributed by atoms with Crippen LogP contribution in [0, 0.1) is 6.92 Å². The number of para-hydroxylation sites is 1. The van der Waals surface area contributed by atoms with Crippen molar-refractivity contribution >= 4 is 11.4 Å². The molecule has 0 bridgehead atoms. The Labute approximate surface area is 188 Å². The minimum absolute atomic E-state index is 0.636. The summed E-state index contributed by atoms with van der Waals surface area (Å²) in [7, 11) is 0. The second-order valence-electron chi connectivity index (χ2n) is 8.36. The summed E-state index contributed by atoms with van der Waals surface area (Å²) in [5.41, 5.74) is 11.8. The fourth-order valence-electron chi connectivity index (χ4n) is 4.65. The number of hydrogen-bond acceptors (Lipinski definition) is 4. The number of nitrogens with one attached hydrogen (secondary N) is 1. The van der Waals surface area contributed by atoms with Crippen molar-refractivity contribution in [1.82, 2.24) is 0 Å². The summed E-state index contributed by atoms with van der Waals surface area (Å²) in [6.07, 6.45) is -0.644. The van der Waals surface area contributed by atoms with Crippen molar-refractivity contribution in [3.05, 3.63) is 119 Å². The van der Waals surface area contributed by atoms with Crippen LogP contribution < -0.4 is 15.8 Å². The Morgan fingerprint density at radius 3 is 2.22 bits per heavy atom. The molecular formula is C28H26N2O2. The predicted octanol–water partition coefficient (Wildman–Crippen LogP) is 6.14. The number of aliphatic hydroxyl groups excluding tert-OH is 1. The monoisotopic (exact) mass is 422 g/mol. The molecule has 4 nitrogen and oxygen atoms in total. The number of aryl methyl sites for hydroxylation is 1. The van der Waals surface area contributed by atoms with Gasteiger partial charge in [0.05, 0.1) is 6.10 Å². The van der Waals surface area contributed by atoms with E-state index in [0.717, 1.165) is 39.3 Å². The molecule has 5 rings (SSSR count). The maximum Gasteiger partial charge on any atom is 0.135 e. The first-order valence-electron chi connectivity index (χ1n) is 10.8. The van der Waals surface area contributed by atoms with Crippen molar-refractivity contribution in [3.63, 3.8) is 0 Å². The van der Waals surface area contributed by atoms with E-state index in [1.807, 2.05) is 72.8 Å². The number of anilines is 2. The molecular weight excluding hydrogens is 396 g/mol. The van der Waals surface area contributed by atoms with Crippen LogP contribution >= 0.6 is 0 Å². The standard InChI is InChI=1S/C28H26N2O2/c1-18-12-14-24-26(16-18)32-27-17-20(29)13-15-25(27)28(24,30-21-8-4-3-5-9-21)23-11-7-6-10-22(23)19(2)31/h3-17,19,30-31H,29H2,1-2H3. The second-order valence-corrected chi connectivity index (χ2v) is 8.36. The smallest absolute Gasteiger partial charge is 0.135 e. The van der Waals surface area contributed by atoms with Gasteiger partial charge in [0.1, 0.15) is 17.0 Å². The molecule has 2 unspecified atom stereocenters. The predicted molar refractivity (Wildman–Crippen MR) is 129 cm³/mol. The first-order valence-corrected chi connectivity index (χ1v) is 10.8. The molecule has 0 amide bonds. The van der Waals surface area contributed by atoms with Gasteiger partial charge >= 0.3 is 0 Å². The topological polar surface area (TPSA) is 67.5 Å². The highest BCUT2D eigenvalue weighted by atomic mass is 16.5. The van der Waals surface area contributed by atoms with Crippen molar-refractivity contribution in [2.45, 2.75) is 25.5 Å². The van der Waals surface area contributed by atoms with Crippen LogP contribution in [0.5, 0.6) is 11.5 Å². The van der Waals surface area contributed by atoms with E-state index in [9.17, 15) is 5.11 Å². The third-order valence-corrected chi connectivity index (χ3v) is 6.09. The Morgan fingerprint density at radius 2 is 1.47 bits per heavy atom. The molecule has 4 aromatic carbocycles. The summed E-state index contributed by atoms with van der Waals surface area (Å²) >= 11 is 0. The molecule has 2 atom stereocenters. The van der Waals surface area contributed by atoms with Crippen molar-refractivity contribution in [1.29, 1.82) is 0 Å². The molecule has 4 N–H and O–H groups in total. The van der Waals surface area contributed by atoms with Crippen LogP contribution in [0.15, 0.2) is 91.0 Å². The summed E-state index contributed by atoms with van der Waals surface area (Å²) < 4.78 is 6.37. The van der Waals surface area contributed by atoms with Crippen LogP contribution in [0.1, 0.15) is 40.8 Å². The largest absolute Gasteiger partial charge is 0.456 e. The second kappa shape index (κ2) is 7.74. The molecule has 1 heterocycles. The van der Waals surface area contributed by atoms with Crippen LogP contribution in [0.25, 0.3) is 0 Å². The van der Waals surface area contributed by atoms with Crippen molar-refractivity contribution < 1.29 is 9.84 Å². The van der Waals surface area contributed by atoms with E-state index in [1.54, 1.807) is 6.92 Å². The Balaban J connectivity index is 1.91. The van der Waals surface area contributed by atoms with E-state index in [4.69, 9.17) is 10.5 Å². The average Bonchev–Trinajstić information content (AvgIpc) is 2.79. The highest BCUT2D eigenvalue weighted by Gasteiger charge is 2.45. The summed E-state index contributed by atoms with van der Waals surface area (Å²) in [4.78, 5) is 0. The third kappa shape index (κ3) is 3.20. The van der Waals surface area contributed by atoms with Crippen LogP contribution in [0.4, 0.5) is 11.4 Å². The first kappa shape index (κ1) is 20.2. The molecule has 0 saturated heterocycles. The molecule has 0 saturated carbocycles. The zero-order valence-electron chi connectivity index (χ0n) is 18.2. The average molecular weight is 423 g/mol. The number of nitrogen functional groups attached to an aromatic ring is 1. The molecule has 4 heteroatoms. The lowest BCUT2D eigenvalue weighted by Crippen LogP contribution is -2.41. The lowest BCUT2D eigenvalue weighted by Gasteiger charge is -2.43. The molecule has 0 radical (unpaired) electrons. The summed E-state index contributed by atoms with van der Waals surface area (Å²) in [6.45, 7) is 3.85. The molecule has 0 aliphatic carbocycles. The Bertz CT molecular complexity index is 1230. The SMILES string of the molecule is Cc1ccc2c(c1)Oc1cc(N)ccc1C2(Nc1ccccc1)c1ccccc1C(C)O. The van der Waals surface area contributed by atoms with Gasteiger partial charge in [-0.1, -0.05) is 60.7 Å². The van der Waals surface area contributed by atoms with E-state index >= 15 is 0 Å². The van der Waals surface area contributed by atoms with Gasteiger partial charge in [0.2, 0.25) is 0 Å². The molecule has 32 heavy (non-hydrogen) atoms. The maximum absolute atomic E-state index is 10.7. The van der Waals surface area contributed by atoms with Gasteiger partial charge in [-0.2, -0.15) is 0 Å². The molecule has 1 aliphatic heterocycles. The quantitative estimate of drug-likeness (QED) is 0.346. The van der Waals surface area contributed by atoms with Gasteiger partial charge in [0.25, 0.3) is 0 Å². The fraction of sp³-hybridized carbons (Fsp3) is 0.143. The Morgan fingerprint density at radius 1 is 0.812 bits per heavy atom. The summed E-state index contributed by atoms with van der Waals surface area (Å²) in [5.74, 6) is 1.47. The summed E-state index contributed by atoms with van der Waals surface area (Å²) in [5, 5.41) is 14.5. The highest BCUT2D eigenvalue weighted by Crippen LogP contribution is 2.53. The minimum Gasteiger partial charge on any atom is -0.456 e. The normalized spacial score (nSPS) is 17.6. The molecule has 1 aliphatic rings. The number of hydrogen-bond donors (Lipinski definition) is 3. The number of ether oxygens (including phenoxy) is 1. The van der Waals surface area contributed by atoms with Crippen LogP contribution in [-0.2, 0) is 5.54 Å². The van der Waals surface area contributed by atoms with Crippen LogP contribution in [0.3, 0.4) is 0 Å². The van der Waals surface area contributed by atoms with E-state index in [2.05, 4.69) is 30.4 Å². The van der Waals surface area contributed by atoms with Crippen LogP contribution in [-0.4, -0.2) is 5.11 Å². The van der Waals surface area contributed by atoms with Gasteiger partial charge in [0.15, 0.2) is 0 Å². The Kier molecular flexibility index (Phi) is 4.87. The number of fused-ring (bicyclic) bond motifs is 2. The van der Waals surface area contributed by atoms with Gasteiger partial charge < -0.3 is 20.9 Å². The molecule has 4 aromatic rings. The van der Waals surface area contributed by atoms with Gasteiger partial charge in [0, 0.05) is 28.6 Å². The number of rotatable bonds is 4. The number of benzene rings is 4. The van der Waals surface area contributed by atoms with E-state index in [1.165, 1.54) is 0 Å². The van der Waals surface area contributed by atoms with Gasteiger partial charge in [-0.25, -0.2) is 0 Å². The van der Waals surface area contributed by atoms with Crippen molar-refractivity contribution in [2.24, 2.45) is 0 Å². The van der Waals surface area contributed by atoms with Crippen molar-refractivity contribution in [2.75, 3.05) is 11.1 Å². The van der Waals surface area contributed by atoms with Crippen molar-refractivity contribution in [3.8, 4) is 11.5 Å².